The van der Waals surface area contributed by atoms with Crippen LogP contribution < -0.4 is 10.1 Å². The summed E-state index contributed by atoms with van der Waals surface area (Å²) in [5.41, 5.74) is 1.97. The van der Waals surface area contributed by atoms with Crippen LogP contribution in [0.2, 0.25) is 0 Å². The smallest absolute Gasteiger partial charge is 0.270 e. The summed E-state index contributed by atoms with van der Waals surface area (Å²) in [6.45, 7) is 3.97. The van der Waals surface area contributed by atoms with Crippen molar-refractivity contribution >= 4 is 17.7 Å². The van der Waals surface area contributed by atoms with Gasteiger partial charge < -0.3 is 15.2 Å². The predicted molar refractivity (Wildman–Crippen MR) is 115 cm³/mol. The second-order valence-corrected chi connectivity index (χ2v) is 7.54. The maximum absolute atomic E-state index is 12.8. The molecule has 0 saturated heterocycles. The molecule has 0 saturated carbocycles. The molecular formula is C22H25N3O3S. The van der Waals surface area contributed by atoms with E-state index in [0.717, 1.165) is 10.8 Å². The van der Waals surface area contributed by atoms with E-state index in [0.29, 0.717) is 17.0 Å². The van der Waals surface area contributed by atoms with Crippen LogP contribution in [0.15, 0.2) is 66.0 Å². The van der Waals surface area contributed by atoms with E-state index < -0.39 is 6.10 Å². The number of nitrogens with zero attached hydrogens (tertiary/aromatic N) is 2. The topological polar surface area (TPSA) is 76.4 Å². The van der Waals surface area contributed by atoms with Crippen molar-refractivity contribution < 1.29 is 14.6 Å². The van der Waals surface area contributed by atoms with E-state index in [4.69, 9.17) is 4.74 Å². The van der Waals surface area contributed by atoms with E-state index in [1.54, 1.807) is 12.3 Å². The maximum Gasteiger partial charge on any atom is 0.270 e. The first-order chi connectivity index (χ1) is 14.0. The minimum absolute atomic E-state index is 0.0472. The summed E-state index contributed by atoms with van der Waals surface area (Å²) in [5.74, 6) is 0.393. The highest BCUT2D eigenvalue weighted by molar-refractivity contribution is 7.98. The van der Waals surface area contributed by atoms with Crippen molar-refractivity contribution in [3.63, 3.8) is 0 Å². The Morgan fingerprint density at radius 1 is 1.21 bits per heavy atom. The molecule has 0 aliphatic rings. The Hall–Kier alpha value is -2.77. The van der Waals surface area contributed by atoms with Gasteiger partial charge in [0.2, 0.25) is 0 Å². The van der Waals surface area contributed by atoms with Crippen LogP contribution in [0.4, 0.5) is 0 Å². The van der Waals surface area contributed by atoms with Gasteiger partial charge in [-0.05, 0) is 49.9 Å². The van der Waals surface area contributed by atoms with Gasteiger partial charge in [0, 0.05) is 12.2 Å². The summed E-state index contributed by atoms with van der Waals surface area (Å²) in [6, 6.07) is 16.9. The molecule has 2 aromatic carbocycles. The van der Waals surface area contributed by atoms with E-state index in [-0.39, 0.29) is 18.6 Å². The first-order valence-electron chi connectivity index (χ1n) is 9.39. The number of nitrogens with one attached hydrogen (secondary N) is 1. The van der Waals surface area contributed by atoms with Gasteiger partial charge in [0.25, 0.3) is 5.91 Å². The minimum atomic E-state index is -0.845. The van der Waals surface area contributed by atoms with Crippen molar-refractivity contribution in [1.29, 1.82) is 0 Å². The zero-order chi connectivity index (χ0) is 20.8. The molecule has 0 aliphatic carbocycles. The minimum Gasteiger partial charge on any atom is -0.491 e. The average molecular weight is 412 g/mol. The standard InChI is InChI=1S/C22H25N3O3S/c1-15(2)28-18-11-7-8-16(12-18)20(26)14-23-21(27)19-13-24-22(29-3)25(19)17-9-5-4-6-10-17/h4-13,15,20,26H,14H2,1-3H3,(H,23,27). The highest BCUT2D eigenvalue weighted by Crippen LogP contribution is 2.22. The van der Waals surface area contributed by atoms with Crippen LogP contribution in [0.5, 0.6) is 5.75 Å². The molecule has 3 aromatic rings. The molecule has 29 heavy (non-hydrogen) atoms. The van der Waals surface area contributed by atoms with Gasteiger partial charge in [-0.3, -0.25) is 9.36 Å². The Morgan fingerprint density at radius 3 is 2.66 bits per heavy atom. The number of aromatic nitrogens is 2. The number of carbonyl (C=O) groups is 1. The molecule has 1 heterocycles. The van der Waals surface area contributed by atoms with Crippen LogP contribution in [0.3, 0.4) is 0 Å². The number of para-hydroxylation sites is 1. The van der Waals surface area contributed by atoms with Crippen LogP contribution in [0.1, 0.15) is 36.0 Å². The van der Waals surface area contributed by atoms with E-state index in [1.807, 2.05) is 73.2 Å². The molecule has 152 valence electrons. The largest absolute Gasteiger partial charge is 0.491 e. The van der Waals surface area contributed by atoms with E-state index in [2.05, 4.69) is 10.3 Å². The van der Waals surface area contributed by atoms with E-state index >= 15 is 0 Å². The van der Waals surface area contributed by atoms with Crippen LogP contribution in [-0.2, 0) is 0 Å². The monoisotopic (exact) mass is 411 g/mol. The summed E-state index contributed by atoms with van der Waals surface area (Å²) in [6.07, 6.45) is 2.67. The Labute approximate surface area is 174 Å². The SMILES string of the molecule is CSc1ncc(C(=O)NCC(O)c2cccc(OC(C)C)c2)n1-c1ccccc1. The Balaban J connectivity index is 1.72. The second-order valence-electron chi connectivity index (χ2n) is 6.77. The van der Waals surface area contributed by atoms with Crippen LogP contribution in [0.25, 0.3) is 5.69 Å². The summed E-state index contributed by atoms with van der Waals surface area (Å²) in [7, 11) is 0. The Bertz CT molecular complexity index is 957. The lowest BCUT2D eigenvalue weighted by Gasteiger charge is -2.16. The number of carbonyl (C=O) groups excluding carboxylic acids is 1. The fraction of sp³-hybridized carbons (Fsp3) is 0.273. The zero-order valence-corrected chi connectivity index (χ0v) is 17.5. The Morgan fingerprint density at radius 2 is 1.97 bits per heavy atom. The van der Waals surface area contributed by atoms with Gasteiger partial charge in [0.05, 0.1) is 18.4 Å². The maximum atomic E-state index is 12.8. The molecule has 7 heteroatoms. The van der Waals surface area contributed by atoms with Gasteiger partial charge >= 0.3 is 0 Å². The number of rotatable bonds is 8. The average Bonchev–Trinajstić information content (AvgIpc) is 3.16. The van der Waals surface area contributed by atoms with Gasteiger partial charge in [-0.15, -0.1) is 0 Å². The molecule has 0 bridgehead atoms. The second kappa shape index (κ2) is 9.62. The summed E-state index contributed by atoms with van der Waals surface area (Å²) < 4.78 is 7.48. The van der Waals surface area contributed by atoms with Crippen molar-refractivity contribution in [1.82, 2.24) is 14.9 Å². The molecule has 1 unspecified atom stereocenters. The summed E-state index contributed by atoms with van der Waals surface area (Å²) >= 11 is 1.46. The van der Waals surface area contributed by atoms with E-state index in [1.165, 1.54) is 11.8 Å². The number of aliphatic hydroxyl groups is 1. The fourth-order valence-electron chi connectivity index (χ4n) is 2.93. The number of aliphatic hydroxyl groups excluding tert-OH is 1. The molecule has 1 amide bonds. The molecule has 0 radical (unpaired) electrons. The number of benzene rings is 2. The highest BCUT2D eigenvalue weighted by atomic mass is 32.2. The number of hydrogen-bond acceptors (Lipinski definition) is 5. The van der Waals surface area contributed by atoms with Gasteiger partial charge in [-0.1, -0.05) is 42.1 Å². The van der Waals surface area contributed by atoms with Gasteiger partial charge in [-0.25, -0.2) is 4.98 Å². The normalized spacial score (nSPS) is 12.0. The third-order valence-electron chi connectivity index (χ3n) is 4.23. The molecule has 1 atom stereocenters. The lowest BCUT2D eigenvalue weighted by molar-refractivity contribution is 0.0909. The number of imidazole rings is 1. The van der Waals surface area contributed by atoms with E-state index in [9.17, 15) is 9.90 Å². The molecule has 0 aliphatic heterocycles. The number of hydrogen-bond donors (Lipinski definition) is 2. The lowest BCUT2D eigenvalue weighted by Crippen LogP contribution is -2.30. The van der Waals surface area contributed by atoms with Gasteiger partial charge in [-0.2, -0.15) is 0 Å². The van der Waals surface area contributed by atoms with Crippen molar-refractivity contribution in [2.24, 2.45) is 0 Å². The quantitative estimate of drug-likeness (QED) is 0.551. The molecule has 3 rings (SSSR count). The molecule has 2 N–H and O–H groups in total. The van der Waals surface area contributed by atoms with Crippen molar-refractivity contribution in [2.75, 3.05) is 12.8 Å². The predicted octanol–water partition coefficient (Wildman–Crippen LogP) is 3.84. The third-order valence-corrected chi connectivity index (χ3v) is 4.88. The Kier molecular flexibility index (Phi) is 6.95. The number of thioether (sulfide) groups is 1. The molecule has 6 nitrogen and oxygen atoms in total. The fourth-order valence-corrected chi connectivity index (χ4v) is 3.48. The lowest BCUT2D eigenvalue weighted by atomic mass is 10.1. The molecule has 0 fully saturated rings. The van der Waals surface area contributed by atoms with Crippen molar-refractivity contribution in [3.05, 3.63) is 72.1 Å². The first-order valence-corrected chi connectivity index (χ1v) is 10.6. The number of ether oxygens (including phenoxy) is 1. The molecule has 0 spiro atoms. The third kappa shape index (κ3) is 5.19. The molecule has 1 aromatic heterocycles. The van der Waals surface area contributed by atoms with Gasteiger partial charge in [0.15, 0.2) is 5.16 Å². The van der Waals surface area contributed by atoms with Crippen molar-refractivity contribution in [2.45, 2.75) is 31.2 Å². The van der Waals surface area contributed by atoms with Crippen molar-refractivity contribution in [3.8, 4) is 11.4 Å². The number of amides is 1. The summed E-state index contributed by atoms with van der Waals surface area (Å²) in [5, 5.41) is 14.0. The van der Waals surface area contributed by atoms with Crippen LogP contribution >= 0.6 is 11.8 Å². The van der Waals surface area contributed by atoms with Gasteiger partial charge in [0.1, 0.15) is 11.4 Å². The zero-order valence-electron chi connectivity index (χ0n) is 16.7. The molecular weight excluding hydrogens is 386 g/mol. The first kappa shape index (κ1) is 21.0. The van der Waals surface area contributed by atoms with Crippen LogP contribution in [0, 0.1) is 0 Å². The van der Waals surface area contributed by atoms with Crippen LogP contribution in [-0.4, -0.2) is 39.5 Å². The highest BCUT2D eigenvalue weighted by Gasteiger charge is 2.19. The summed E-state index contributed by atoms with van der Waals surface area (Å²) in [4.78, 5) is 17.1.